The topological polar surface area (TPSA) is 92.5 Å². The van der Waals surface area contributed by atoms with E-state index >= 15 is 0 Å². The van der Waals surface area contributed by atoms with Crippen LogP contribution in [0.2, 0.25) is 0 Å². The molecule has 0 saturated carbocycles. The van der Waals surface area contributed by atoms with E-state index in [0.717, 1.165) is 19.3 Å². The zero-order valence-corrected chi connectivity index (χ0v) is 9.59. The first-order valence-electron chi connectivity index (χ1n) is 4.98. The van der Waals surface area contributed by atoms with Gasteiger partial charge in [-0.3, -0.25) is 4.79 Å². The van der Waals surface area contributed by atoms with E-state index in [1.54, 1.807) is 0 Å². The van der Waals surface area contributed by atoms with E-state index in [1.165, 1.54) is 4.31 Å². The molecule has 0 bridgehead atoms. The largest absolute Gasteiger partial charge is 0.369 e. The summed E-state index contributed by atoms with van der Waals surface area (Å²) in [5, 5.41) is 0. The normalized spacial score (nSPS) is 23.9. The minimum absolute atomic E-state index is 0.0101. The summed E-state index contributed by atoms with van der Waals surface area (Å²) in [6.07, 6.45) is 2.77. The van der Waals surface area contributed by atoms with Crippen molar-refractivity contribution in [2.45, 2.75) is 32.2 Å². The predicted molar refractivity (Wildman–Crippen MR) is 56.1 cm³/mol. The summed E-state index contributed by atoms with van der Waals surface area (Å²) in [4.78, 5) is 10.5. The van der Waals surface area contributed by atoms with Crippen molar-refractivity contribution in [2.24, 2.45) is 5.73 Å². The van der Waals surface area contributed by atoms with Gasteiger partial charge in [0.25, 0.3) is 10.2 Å². The van der Waals surface area contributed by atoms with Crippen molar-refractivity contribution in [2.75, 3.05) is 13.1 Å². The molecule has 0 aliphatic carbocycles. The van der Waals surface area contributed by atoms with Crippen LogP contribution in [0.1, 0.15) is 26.2 Å². The monoisotopic (exact) mass is 235 g/mol. The third kappa shape index (κ3) is 3.44. The Morgan fingerprint density at radius 3 is 2.73 bits per heavy atom. The summed E-state index contributed by atoms with van der Waals surface area (Å²) in [6.45, 7) is 2.03. The van der Waals surface area contributed by atoms with Crippen molar-refractivity contribution >= 4 is 16.1 Å². The van der Waals surface area contributed by atoms with E-state index in [0.29, 0.717) is 6.54 Å². The molecule has 0 radical (unpaired) electrons. The van der Waals surface area contributed by atoms with Crippen LogP contribution >= 0.6 is 0 Å². The first kappa shape index (κ1) is 12.4. The van der Waals surface area contributed by atoms with Crippen molar-refractivity contribution in [3.63, 3.8) is 0 Å². The molecule has 0 aromatic heterocycles. The summed E-state index contributed by atoms with van der Waals surface area (Å²) < 4.78 is 27.0. The molecule has 3 N–H and O–H groups in total. The van der Waals surface area contributed by atoms with Gasteiger partial charge in [-0.05, 0) is 19.8 Å². The number of nitrogens with one attached hydrogen (secondary N) is 1. The molecule has 0 aromatic carbocycles. The van der Waals surface area contributed by atoms with Crippen molar-refractivity contribution in [3.05, 3.63) is 0 Å². The summed E-state index contributed by atoms with van der Waals surface area (Å²) in [5.74, 6) is -0.678. The van der Waals surface area contributed by atoms with Crippen LogP contribution < -0.4 is 10.5 Å². The lowest BCUT2D eigenvalue weighted by molar-refractivity contribution is -0.116. The predicted octanol–water partition coefficient (Wildman–Crippen LogP) is -0.819. The molecule has 1 heterocycles. The van der Waals surface area contributed by atoms with Gasteiger partial charge in [0, 0.05) is 12.6 Å². The fraction of sp³-hybridized carbons (Fsp3) is 0.875. The maximum absolute atomic E-state index is 11.7. The number of nitrogens with two attached hydrogens (primary N) is 1. The van der Waals surface area contributed by atoms with Gasteiger partial charge in [0.05, 0.1) is 6.54 Å². The average Bonchev–Trinajstić information content (AvgIpc) is 2.15. The van der Waals surface area contributed by atoms with E-state index in [9.17, 15) is 13.2 Å². The van der Waals surface area contributed by atoms with Gasteiger partial charge in [-0.15, -0.1) is 0 Å². The third-order valence-electron chi connectivity index (χ3n) is 2.48. The average molecular weight is 235 g/mol. The maximum atomic E-state index is 11.7. The Morgan fingerprint density at radius 2 is 2.20 bits per heavy atom. The molecule has 15 heavy (non-hydrogen) atoms. The number of amides is 1. The van der Waals surface area contributed by atoms with Crippen LogP contribution in [0.25, 0.3) is 0 Å². The Bertz CT molecular complexity index is 328. The van der Waals surface area contributed by atoms with Crippen LogP contribution in [0.5, 0.6) is 0 Å². The van der Waals surface area contributed by atoms with Crippen LogP contribution in [0.15, 0.2) is 0 Å². The smallest absolute Gasteiger partial charge is 0.280 e. The number of hydrogen-bond donors (Lipinski definition) is 2. The molecule has 1 fully saturated rings. The maximum Gasteiger partial charge on any atom is 0.280 e. The van der Waals surface area contributed by atoms with E-state index in [1.807, 2.05) is 6.92 Å². The molecular formula is C8H17N3O3S. The van der Waals surface area contributed by atoms with Gasteiger partial charge in [0.1, 0.15) is 0 Å². The van der Waals surface area contributed by atoms with Crippen molar-refractivity contribution in [1.82, 2.24) is 9.03 Å². The molecule has 1 aliphatic rings. The van der Waals surface area contributed by atoms with Crippen LogP contribution in [0.3, 0.4) is 0 Å². The Hall–Kier alpha value is -0.660. The Morgan fingerprint density at radius 1 is 1.53 bits per heavy atom. The molecular weight excluding hydrogens is 218 g/mol. The second-order valence-corrected chi connectivity index (χ2v) is 5.46. The highest BCUT2D eigenvalue weighted by Gasteiger charge is 2.29. The molecule has 1 rings (SSSR count). The lowest BCUT2D eigenvalue weighted by atomic mass is 10.1. The van der Waals surface area contributed by atoms with Gasteiger partial charge in [0.15, 0.2) is 0 Å². The minimum Gasteiger partial charge on any atom is -0.369 e. The summed E-state index contributed by atoms with van der Waals surface area (Å²) >= 11 is 0. The molecule has 1 unspecified atom stereocenters. The van der Waals surface area contributed by atoms with E-state index in [2.05, 4.69) is 4.72 Å². The Kier molecular flexibility index (Phi) is 4.06. The second-order valence-electron chi connectivity index (χ2n) is 3.75. The van der Waals surface area contributed by atoms with Crippen LogP contribution in [0, 0.1) is 0 Å². The zero-order valence-electron chi connectivity index (χ0n) is 8.77. The fourth-order valence-electron chi connectivity index (χ4n) is 1.67. The number of primary amides is 1. The van der Waals surface area contributed by atoms with E-state index < -0.39 is 16.1 Å². The van der Waals surface area contributed by atoms with Gasteiger partial charge in [0.2, 0.25) is 5.91 Å². The zero-order chi connectivity index (χ0) is 11.5. The van der Waals surface area contributed by atoms with Gasteiger partial charge < -0.3 is 5.73 Å². The highest BCUT2D eigenvalue weighted by Crippen LogP contribution is 2.18. The van der Waals surface area contributed by atoms with E-state index in [4.69, 9.17) is 5.73 Å². The molecule has 6 nitrogen and oxygen atoms in total. The third-order valence-corrected chi connectivity index (χ3v) is 4.15. The number of piperidine rings is 1. The number of nitrogens with zero attached hydrogens (tertiary/aromatic N) is 1. The van der Waals surface area contributed by atoms with Crippen LogP contribution in [-0.4, -0.2) is 37.8 Å². The lowest BCUT2D eigenvalue weighted by Gasteiger charge is -2.31. The van der Waals surface area contributed by atoms with Gasteiger partial charge >= 0.3 is 0 Å². The summed E-state index contributed by atoms with van der Waals surface area (Å²) in [6, 6.07) is -0.0101. The first-order chi connectivity index (χ1) is 6.93. The highest BCUT2D eigenvalue weighted by molar-refractivity contribution is 7.87. The summed E-state index contributed by atoms with van der Waals surface area (Å²) in [7, 11) is -3.55. The van der Waals surface area contributed by atoms with Crippen molar-refractivity contribution in [1.29, 1.82) is 0 Å². The van der Waals surface area contributed by atoms with Crippen LogP contribution in [-0.2, 0) is 15.0 Å². The Labute approximate surface area is 90.0 Å². The highest BCUT2D eigenvalue weighted by atomic mass is 32.2. The number of carbonyl (C=O) groups is 1. The van der Waals surface area contributed by atoms with E-state index in [-0.39, 0.29) is 12.6 Å². The molecule has 1 saturated heterocycles. The number of hydrogen-bond acceptors (Lipinski definition) is 3. The van der Waals surface area contributed by atoms with Crippen LogP contribution in [0.4, 0.5) is 0 Å². The van der Waals surface area contributed by atoms with Gasteiger partial charge in [-0.2, -0.15) is 17.4 Å². The van der Waals surface area contributed by atoms with Crippen molar-refractivity contribution in [3.8, 4) is 0 Å². The quantitative estimate of drug-likeness (QED) is 0.667. The molecule has 88 valence electrons. The molecule has 1 aliphatic heterocycles. The van der Waals surface area contributed by atoms with Crippen molar-refractivity contribution < 1.29 is 13.2 Å². The first-order valence-corrected chi connectivity index (χ1v) is 6.42. The van der Waals surface area contributed by atoms with Gasteiger partial charge in [-0.25, -0.2) is 0 Å². The number of carbonyl (C=O) groups excluding carboxylic acids is 1. The SMILES string of the molecule is CC1CCCCN1S(=O)(=O)NCC(N)=O. The second kappa shape index (κ2) is 4.91. The minimum atomic E-state index is -3.55. The number of rotatable bonds is 4. The molecule has 0 aromatic rings. The molecule has 1 atom stereocenters. The Balaban J connectivity index is 2.63. The molecule has 7 heteroatoms. The molecule has 1 amide bonds. The fourth-order valence-corrected chi connectivity index (χ4v) is 3.11. The lowest BCUT2D eigenvalue weighted by Crippen LogP contribution is -2.49. The standard InChI is InChI=1S/C8H17N3O3S/c1-7-4-2-3-5-11(7)15(13,14)10-6-8(9)12/h7,10H,2-6H2,1H3,(H2,9,12). The van der Waals surface area contributed by atoms with Gasteiger partial charge in [-0.1, -0.05) is 6.42 Å². The molecule has 0 spiro atoms. The summed E-state index contributed by atoms with van der Waals surface area (Å²) in [5.41, 5.74) is 4.88.